The van der Waals surface area contributed by atoms with Gasteiger partial charge in [-0.2, -0.15) is 0 Å². The van der Waals surface area contributed by atoms with Gasteiger partial charge in [0, 0.05) is 38.4 Å². The number of aromatic carboxylic acids is 1. The molecule has 8 nitrogen and oxygen atoms in total. The molecule has 0 aromatic carbocycles. The van der Waals surface area contributed by atoms with E-state index in [0.717, 1.165) is 25.4 Å². The van der Waals surface area contributed by atoms with Crippen LogP contribution in [0.25, 0.3) is 0 Å². The summed E-state index contributed by atoms with van der Waals surface area (Å²) in [6, 6.07) is 1.06. The summed E-state index contributed by atoms with van der Waals surface area (Å²) in [4.78, 5) is 29.2. The average Bonchev–Trinajstić information content (AvgIpc) is 2.38. The molecule has 0 spiro atoms. The van der Waals surface area contributed by atoms with E-state index >= 15 is 0 Å². The quantitative estimate of drug-likeness (QED) is 0.625. The largest absolute Gasteiger partial charge is 0.478 e. The molecule has 0 amide bonds. The van der Waals surface area contributed by atoms with Crippen LogP contribution in [0.1, 0.15) is 10.4 Å². The smallest absolute Gasteiger partial charge is 0.337 e. The highest BCUT2D eigenvalue weighted by Gasteiger charge is 2.25. The molecule has 8 heteroatoms. The second-order valence-corrected chi connectivity index (χ2v) is 4.42. The lowest BCUT2D eigenvalue weighted by atomic mass is 10.2. The fourth-order valence-corrected chi connectivity index (χ4v) is 1.96. The number of carbonyl (C=O) groups is 1. The van der Waals surface area contributed by atoms with E-state index in [4.69, 9.17) is 5.11 Å². The lowest BCUT2D eigenvalue weighted by Gasteiger charge is -2.32. The van der Waals surface area contributed by atoms with Gasteiger partial charge in [0.1, 0.15) is 0 Å². The molecule has 1 aromatic heterocycles. The minimum absolute atomic E-state index is 0.176. The predicted octanol–water partition coefficient (Wildman–Crippen LogP) is 0.440. The average molecular weight is 266 g/mol. The first-order chi connectivity index (χ1) is 8.99. The Morgan fingerprint density at radius 1 is 1.42 bits per heavy atom. The number of hydrogen-bond acceptors (Lipinski definition) is 6. The highest BCUT2D eigenvalue weighted by Crippen LogP contribution is 2.27. The zero-order chi connectivity index (χ0) is 14.0. The minimum atomic E-state index is -1.22. The van der Waals surface area contributed by atoms with Gasteiger partial charge in [-0.25, -0.2) is 9.78 Å². The number of nitrogens with zero attached hydrogens (tertiary/aromatic N) is 4. The van der Waals surface area contributed by atoms with Crippen LogP contribution in [0.5, 0.6) is 0 Å². The standard InChI is InChI=1S/C11H14N4O4/c1-13-2-4-14(5-3-13)10-9(15(18)19)6-8(7-12-10)11(16)17/h6-7H,2-5H2,1H3,(H,16,17). The van der Waals surface area contributed by atoms with Crippen molar-refractivity contribution in [1.29, 1.82) is 0 Å². The zero-order valence-electron chi connectivity index (χ0n) is 10.4. The van der Waals surface area contributed by atoms with Crippen molar-refractivity contribution in [3.63, 3.8) is 0 Å². The first-order valence-corrected chi connectivity index (χ1v) is 5.80. The van der Waals surface area contributed by atoms with Crippen LogP contribution in [-0.4, -0.2) is 59.1 Å². The number of pyridine rings is 1. The highest BCUT2D eigenvalue weighted by molar-refractivity contribution is 5.88. The van der Waals surface area contributed by atoms with E-state index < -0.39 is 10.9 Å². The van der Waals surface area contributed by atoms with E-state index in [1.165, 1.54) is 0 Å². The number of aromatic nitrogens is 1. The lowest BCUT2D eigenvalue weighted by Crippen LogP contribution is -2.45. The Bertz CT molecular complexity index is 511. The van der Waals surface area contributed by atoms with Crippen molar-refractivity contribution >= 4 is 17.5 Å². The molecule has 0 atom stereocenters. The molecule has 102 valence electrons. The molecule has 1 fully saturated rings. The maximum Gasteiger partial charge on any atom is 0.337 e. The number of likely N-dealkylation sites (N-methyl/N-ethyl adjacent to an activating group) is 1. The summed E-state index contributed by atoms with van der Waals surface area (Å²) >= 11 is 0. The molecule has 1 saturated heterocycles. The summed E-state index contributed by atoms with van der Waals surface area (Å²) in [5.41, 5.74) is -0.436. The summed E-state index contributed by atoms with van der Waals surface area (Å²) in [6.45, 7) is 2.85. The van der Waals surface area contributed by atoms with Gasteiger partial charge in [0.2, 0.25) is 5.82 Å². The first-order valence-electron chi connectivity index (χ1n) is 5.80. The van der Waals surface area contributed by atoms with Crippen molar-refractivity contribution in [3.05, 3.63) is 27.9 Å². The topological polar surface area (TPSA) is 99.8 Å². The maximum absolute atomic E-state index is 11.0. The molecular formula is C11H14N4O4. The number of piperazine rings is 1. The van der Waals surface area contributed by atoms with Gasteiger partial charge in [-0.15, -0.1) is 0 Å². The summed E-state index contributed by atoms with van der Waals surface area (Å²) in [5, 5.41) is 19.9. The molecule has 1 N–H and O–H groups in total. The van der Waals surface area contributed by atoms with E-state index in [2.05, 4.69) is 9.88 Å². The van der Waals surface area contributed by atoms with Crippen molar-refractivity contribution in [3.8, 4) is 0 Å². The lowest BCUT2D eigenvalue weighted by molar-refractivity contribution is -0.384. The van der Waals surface area contributed by atoms with Crippen LogP contribution in [-0.2, 0) is 0 Å². The van der Waals surface area contributed by atoms with Crippen LogP contribution in [0.15, 0.2) is 12.3 Å². The fourth-order valence-electron chi connectivity index (χ4n) is 1.96. The van der Waals surface area contributed by atoms with Crippen LogP contribution < -0.4 is 4.90 Å². The van der Waals surface area contributed by atoms with Crippen molar-refractivity contribution in [2.24, 2.45) is 0 Å². The molecule has 2 rings (SSSR count). The number of carboxylic acid groups (broad SMARTS) is 1. The third-order valence-corrected chi connectivity index (χ3v) is 3.09. The van der Waals surface area contributed by atoms with Crippen LogP contribution in [0.2, 0.25) is 0 Å². The van der Waals surface area contributed by atoms with Crippen LogP contribution in [0.4, 0.5) is 11.5 Å². The predicted molar refractivity (Wildman–Crippen MR) is 67.6 cm³/mol. The Morgan fingerprint density at radius 3 is 2.58 bits per heavy atom. The van der Waals surface area contributed by atoms with Crippen molar-refractivity contribution < 1.29 is 14.8 Å². The number of anilines is 1. The van der Waals surface area contributed by atoms with E-state index in [9.17, 15) is 14.9 Å². The third kappa shape index (κ3) is 2.79. The van der Waals surface area contributed by atoms with Gasteiger partial charge in [-0.3, -0.25) is 10.1 Å². The van der Waals surface area contributed by atoms with Gasteiger partial charge in [0.05, 0.1) is 10.5 Å². The summed E-state index contributed by atoms with van der Waals surface area (Å²) in [7, 11) is 1.98. The molecule has 1 aromatic rings. The summed E-state index contributed by atoms with van der Waals surface area (Å²) in [6.07, 6.45) is 1.16. The molecule has 0 saturated carbocycles. The molecule has 19 heavy (non-hydrogen) atoms. The SMILES string of the molecule is CN1CCN(c2ncc(C(=O)O)cc2[N+](=O)[O-])CC1. The van der Waals surface area contributed by atoms with Gasteiger partial charge in [0.15, 0.2) is 0 Å². The van der Waals surface area contributed by atoms with Gasteiger partial charge in [-0.05, 0) is 7.05 Å². The molecule has 0 bridgehead atoms. The van der Waals surface area contributed by atoms with Gasteiger partial charge < -0.3 is 14.9 Å². The van der Waals surface area contributed by atoms with E-state index in [1.54, 1.807) is 0 Å². The van der Waals surface area contributed by atoms with Gasteiger partial charge in [0.25, 0.3) is 0 Å². The minimum Gasteiger partial charge on any atom is -0.478 e. The summed E-state index contributed by atoms with van der Waals surface area (Å²) < 4.78 is 0. The van der Waals surface area contributed by atoms with E-state index in [1.807, 2.05) is 11.9 Å². The zero-order valence-corrected chi connectivity index (χ0v) is 10.4. The van der Waals surface area contributed by atoms with Crippen molar-refractivity contribution in [1.82, 2.24) is 9.88 Å². The number of nitro groups is 1. The van der Waals surface area contributed by atoms with Crippen molar-refractivity contribution in [2.45, 2.75) is 0 Å². The van der Waals surface area contributed by atoms with Crippen LogP contribution in [0, 0.1) is 10.1 Å². The Morgan fingerprint density at radius 2 is 2.05 bits per heavy atom. The Kier molecular flexibility index (Phi) is 3.61. The Labute approximate surface area is 109 Å². The number of rotatable bonds is 3. The first kappa shape index (κ1) is 13.2. The molecule has 0 aliphatic carbocycles. The molecule has 1 aliphatic rings. The van der Waals surface area contributed by atoms with Crippen LogP contribution >= 0.6 is 0 Å². The van der Waals surface area contributed by atoms with Crippen LogP contribution in [0.3, 0.4) is 0 Å². The molecule has 0 radical (unpaired) electrons. The van der Waals surface area contributed by atoms with E-state index in [0.29, 0.717) is 13.1 Å². The fraction of sp³-hybridized carbons (Fsp3) is 0.455. The van der Waals surface area contributed by atoms with Crippen molar-refractivity contribution in [2.75, 3.05) is 38.1 Å². The van der Waals surface area contributed by atoms with E-state index in [-0.39, 0.29) is 17.1 Å². The Hall–Kier alpha value is -2.22. The monoisotopic (exact) mass is 266 g/mol. The summed E-state index contributed by atoms with van der Waals surface area (Å²) in [5.74, 6) is -0.983. The van der Waals surface area contributed by atoms with Gasteiger partial charge >= 0.3 is 11.7 Å². The Balaban J connectivity index is 2.34. The molecule has 2 heterocycles. The molecule has 0 unspecified atom stereocenters. The highest BCUT2D eigenvalue weighted by atomic mass is 16.6. The molecular weight excluding hydrogens is 252 g/mol. The molecule has 1 aliphatic heterocycles. The normalized spacial score (nSPS) is 16.4. The second-order valence-electron chi connectivity index (χ2n) is 4.42. The maximum atomic E-state index is 11.0. The number of carboxylic acids is 1. The second kappa shape index (κ2) is 5.19. The third-order valence-electron chi connectivity index (χ3n) is 3.09. The number of hydrogen-bond donors (Lipinski definition) is 1. The van der Waals surface area contributed by atoms with Gasteiger partial charge in [-0.1, -0.05) is 0 Å².